The Bertz CT molecular complexity index is 441. The minimum atomic E-state index is -0.168. The summed E-state index contributed by atoms with van der Waals surface area (Å²) in [6.45, 7) is 7.43. The lowest BCUT2D eigenvalue weighted by Gasteiger charge is -2.09. The van der Waals surface area contributed by atoms with Gasteiger partial charge in [-0.15, -0.1) is 0 Å². The second-order valence-corrected chi connectivity index (χ2v) is 4.50. The van der Waals surface area contributed by atoms with Gasteiger partial charge in [-0.1, -0.05) is 0 Å². The highest BCUT2D eigenvalue weighted by Crippen LogP contribution is 2.35. The van der Waals surface area contributed by atoms with Crippen LogP contribution in [0.25, 0.3) is 0 Å². The van der Waals surface area contributed by atoms with E-state index in [-0.39, 0.29) is 5.97 Å². The van der Waals surface area contributed by atoms with E-state index in [0.717, 1.165) is 25.0 Å². The molecule has 0 bridgehead atoms. The predicted octanol–water partition coefficient (Wildman–Crippen LogP) is 2.46. The third-order valence-corrected chi connectivity index (χ3v) is 3.44. The fraction of sp³-hybridized carbons (Fsp3) is 0.500. The number of hydrogen-bond donors (Lipinski definition) is 1. The van der Waals surface area contributed by atoms with Crippen molar-refractivity contribution in [2.24, 2.45) is 0 Å². The lowest BCUT2D eigenvalue weighted by atomic mass is 10.00. The van der Waals surface area contributed by atoms with Crippen LogP contribution in [0.1, 0.15) is 33.6 Å². The SMILES string of the molecule is CCOC(=O)C1=CC2=C(C1)C(C)=C(C)NCC2. The van der Waals surface area contributed by atoms with Crippen molar-refractivity contribution in [2.45, 2.75) is 33.6 Å². The van der Waals surface area contributed by atoms with Gasteiger partial charge in [0.2, 0.25) is 0 Å². The van der Waals surface area contributed by atoms with Gasteiger partial charge in [-0.2, -0.15) is 0 Å². The average Bonchev–Trinajstić information content (AvgIpc) is 2.67. The maximum absolute atomic E-state index is 11.7. The van der Waals surface area contributed by atoms with Gasteiger partial charge in [-0.05, 0) is 50.0 Å². The lowest BCUT2D eigenvalue weighted by Crippen LogP contribution is -2.13. The Morgan fingerprint density at radius 2 is 2.24 bits per heavy atom. The first-order chi connectivity index (χ1) is 8.13. The zero-order valence-corrected chi connectivity index (χ0v) is 10.7. The van der Waals surface area contributed by atoms with E-state index in [2.05, 4.69) is 19.2 Å². The van der Waals surface area contributed by atoms with Crippen molar-refractivity contribution in [1.29, 1.82) is 0 Å². The van der Waals surface area contributed by atoms with Crippen LogP contribution in [0.5, 0.6) is 0 Å². The highest BCUT2D eigenvalue weighted by atomic mass is 16.5. The van der Waals surface area contributed by atoms with Crippen LogP contribution >= 0.6 is 0 Å². The molecule has 0 fully saturated rings. The number of nitrogens with one attached hydrogen (secondary N) is 1. The van der Waals surface area contributed by atoms with E-state index in [1.165, 1.54) is 22.4 Å². The van der Waals surface area contributed by atoms with Crippen LogP contribution in [-0.2, 0) is 9.53 Å². The first-order valence-corrected chi connectivity index (χ1v) is 6.15. The van der Waals surface area contributed by atoms with Crippen molar-refractivity contribution >= 4 is 5.97 Å². The smallest absolute Gasteiger partial charge is 0.334 e. The van der Waals surface area contributed by atoms with Gasteiger partial charge in [0.05, 0.1) is 6.61 Å². The van der Waals surface area contributed by atoms with E-state index in [4.69, 9.17) is 4.74 Å². The van der Waals surface area contributed by atoms with E-state index in [1.807, 2.05) is 13.0 Å². The quantitative estimate of drug-likeness (QED) is 0.745. The minimum absolute atomic E-state index is 0.168. The Hall–Kier alpha value is -1.51. The summed E-state index contributed by atoms with van der Waals surface area (Å²) >= 11 is 0. The Morgan fingerprint density at radius 3 is 2.94 bits per heavy atom. The highest BCUT2D eigenvalue weighted by molar-refractivity contribution is 5.91. The largest absolute Gasteiger partial charge is 0.463 e. The van der Waals surface area contributed by atoms with Crippen LogP contribution in [0, 0.1) is 0 Å². The molecule has 17 heavy (non-hydrogen) atoms. The number of carbonyl (C=O) groups excluding carboxylic acids is 1. The van der Waals surface area contributed by atoms with Crippen molar-refractivity contribution in [3.63, 3.8) is 0 Å². The molecule has 2 aliphatic rings. The first-order valence-electron chi connectivity index (χ1n) is 6.15. The summed E-state index contributed by atoms with van der Waals surface area (Å²) in [7, 11) is 0. The second-order valence-electron chi connectivity index (χ2n) is 4.50. The normalized spacial score (nSPS) is 19.6. The van der Waals surface area contributed by atoms with Crippen LogP contribution < -0.4 is 5.32 Å². The van der Waals surface area contributed by atoms with Gasteiger partial charge in [-0.3, -0.25) is 0 Å². The molecule has 2 rings (SSSR count). The molecule has 0 radical (unpaired) electrons. The van der Waals surface area contributed by atoms with E-state index >= 15 is 0 Å². The van der Waals surface area contributed by atoms with Gasteiger partial charge in [-0.25, -0.2) is 4.79 Å². The van der Waals surface area contributed by atoms with Crippen LogP contribution in [0.4, 0.5) is 0 Å². The fourth-order valence-electron chi connectivity index (χ4n) is 2.35. The summed E-state index contributed by atoms with van der Waals surface area (Å²) in [6.07, 6.45) is 3.71. The molecule has 1 heterocycles. The highest BCUT2D eigenvalue weighted by Gasteiger charge is 2.24. The van der Waals surface area contributed by atoms with Gasteiger partial charge in [0.25, 0.3) is 0 Å². The maximum atomic E-state index is 11.7. The molecule has 92 valence electrons. The number of esters is 1. The summed E-state index contributed by atoms with van der Waals surface area (Å²) in [5.41, 5.74) is 5.87. The molecule has 3 nitrogen and oxygen atoms in total. The van der Waals surface area contributed by atoms with E-state index in [0.29, 0.717) is 6.61 Å². The van der Waals surface area contributed by atoms with Crippen molar-refractivity contribution < 1.29 is 9.53 Å². The van der Waals surface area contributed by atoms with E-state index in [1.54, 1.807) is 0 Å². The van der Waals surface area contributed by atoms with E-state index < -0.39 is 0 Å². The number of rotatable bonds is 2. The predicted molar refractivity (Wildman–Crippen MR) is 67.4 cm³/mol. The molecule has 0 saturated heterocycles. The third-order valence-electron chi connectivity index (χ3n) is 3.44. The molecule has 0 amide bonds. The topological polar surface area (TPSA) is 38.3 Å². The molecule has 0 spiro atoms. The third kappa shape index (κ3) is 2.28. The Kier molecular flexibility index (Phi) is 3.36. The number of hydrogen-bond acceptors (Lipinski definition) is 3. The van der Waals surface area contributed by atoms with Gasteiger partial charge < -0.3 is 10.1 Å². The molecule has 0 atom stereocenters. The summed E-state index contributed by atoms with van der Waals surface area (Å²) in [6, 6.07) is 0. The zero-order chi connectivity index (χ0) is 12.4. The number of allylic oxidation sites excluding steroid dienone is 4. The summed E-state index contributed by atoms with van der Waals surface area (Å²) in [4.78, 5) is 11.7. The van der Waals surface area contributed by atoms with Crippen molar-refractivity contribution in [3.8, 4) is 0 Å². The molecule has 0 unspecified atom stereocenters. The number of ether oxygens (including phenoxy) is 1. The molecule has 0 aromatic carbocycles. The lowest BCUT2D eigenvalue weighted by molar-refractivity contribution is -0.138. The second kappa shape index (κ2) is 4.78. The van der Waals surface area contributed by atoms with Crippen LogP contribution in [0.2, 0.25) is 0 Å². The van der Waals surface area contributed by atoms with Gasteiger partial charge in [0.15, 0.2) is 0 Å². The first kappa shape index (κ1) is 12.0. The van der Waals surface area contributed by atoms with Crippen molar-refractivity contribution in [3.05, 3.63) is 34.1 Å². The molecular formula is C14H19NO2. The monoisotopic (exact) mass is 233 g/mol. The molecule has 0 aromatic rings. The Morgan fingerprint density at radius 1 is 1.47 bits per heavy atom. The molecule has 1 N–H and O–H groups in total. The van der Waals surface area contributed by atoms with Crippen molar-refractivity contribution in [1.82, 2.24) is 5.32 Å². The molecule has 3 heteroatoms. The summed E-state index contributed by atoms with van der Waals surface area (Å²) in [5, 5.41) is 3.38. The standard InChI is InChI=1S/C14H19NO2/c1-4-17-14(16)12-7-11-5-6-15-10(3)9(2)13(11)8-12/h7,15H,4-6,8H2,1-3H3. The number of carbonyl (C=O) groups is 1. The Labute approximate surface area is 102 Å². The average molecular weight is 233 g/mol. The van der Waals surface area contributed by atoms with Gasteiger partial charge in [0.1, 0.15) is 0 Å². The zero-order valence-electron chi connectivity index (χ0n) is 10.7. The van der Waals surface area contributed by atoms with Crippen LogP contribution in [-0.4, -0.2) is 19.1 Å². The summed E-state index contributed by atoms with van der Waals surface area (Å²) < 4.78 is 5.06. The fourth-order valence-corrected chi connectivity index (χ4v) is 2.35. The van der Waals surface area contributed by atoms with Gasteiger partial charge in [0, 0.05) is 24.2 Å². The molecular weight excluding hydrogens is 214 g/mol. The minimum Gasteiger partial charge on any atom is -0.463 e. The van der Waals surface area contributed by atoms with E-state index in [9.17, 15) is 4.79 Å². The summed E-state index contributed by atoms with van der Waals surface area (Å²) in [5.74, 6) is -0.168. The van der Waals surface area contributed by atoms with Crippen LogP contribution in [0.3, 0.4) is 0 Å². The van der Waals surface area contributed by atoms with Crippen LogP contribution in [0.15, 0.2) is 34.1 Å². The molecule has 0 aromatic heterocycles. The molecule has 0 saturated carbocycles. The molecule has 1 aliphatic heterocycles. The Balaban J connectivity index is 2.20. The van der Waals surface area contributed by atoms with Gasteiger partial charge >= 0.3 is 5.97 Å². The van der Waals surface area contributed by atoms with Crippen molar-refractivity contribution in [2.75, 3.05) is 13.2 Å². The maximum Gasteiger partial charge on any atom is 0.334 e. The molecule has 1 aliphatic carbocycles.